The molecule has 1 aromatic heterocycles. The molecule has 0 saturated heterocycles. The van der Waals surface area contributed by atoms with E-state index in [-0.39, 0.29) is 0 Å². The normalized spacial score (nSPS) is 10.9. The van der Waals surface area contributed by atoms with E-state index >= 15 is 0 Å². The van der Waals surface area contributed by atoms with Crippen LogP contribution in [0.25, 0.3) is 21.8 Å². The molecule has 1 heterocycles. The topological polar surface area (TPSA) is 20.1 Å². The molecular weight excluding hydrogens is 287 g/mol. The second-order valence-corrected chi connectivity index (χ2v) is 4.01. The summed E-state index contributed by atoms with van der Waals surface area (Å²) >= 11 is 2.29. The summed E-state index contributed by atoms with van der Waals surface area (Å²) in [6.45, 7) is 6.68. The van der Waals surface area contributed by atoms with Crippen molar-refractivity contribution in [1.29, 1.82) is 0 Å². The molecule has 2 nitrogen and oxygen atoms in total. The van der Waals surface area contributed by atoms with Gasteiger partial charge in [0.1, 0.15) is 0 Å². The molecule has 0 aliphatic carbocycles. The molecule has 68 valence electrons. The van der Waals surface area contributed by atoms with E-state index in [1.165, 1.54) is 9.77 Å². The van der Waals surface area contributed by atoms with E-state index in [1.54, 1.807) is 0 Å². The monoisotopic (exact) mass is 294 g/mol. The zero-order chi connectivity index (χ0) is 9.97. The predicted octanol–water partition coefficient (Wildman–Crippen LogP) is 3.66. The molecule has 0 amide bonds. The minimum atomic E-state index is 1.06. The van der Waals surface area contributed by atoms with Crippen molar-refractivity contribution in [2.24, 2.45) is 0 Å². The van der Waals surface area contributed by atoms with Crippen LogP contribution in [-0.2, 0) is 0 Å². The summed E-state index contributed by atoms with van der Waals surface area (Å²) in [5.41, 5.74) is 2.20. The molecule has 0 radical (unpaired) electrons. The number of halogens is 1. The second-order valence-electron chi connectivity index (χ2n) is 2.85. The van der Waals surface area contributed by atoms with Gasteiger partial charge in [-0.05, 0) is 34.2 Å². The number of aromatic amines is 1. The molecule has 2 rings (SSSR count). The highest BCUT2D eigenvalue weighted by Gasteiger charge is 2.02. The Bertz CT molecular complexity index is 532. The number of nitrogens with zero attached hydrogens (tertiary/aromatic N) is 1. The predicted molar refractivity (Wildman–Crippen MR) is 66.7 cm³/mol. The molecule has 0 unspecified atom stereocenters. The fourth-order valence-corrected chi connectivity index (χ4v) is 2.05. The average molecular weight is 294 g/mol. The van der Waals surface area contributed by atoms with Gasteiger partial charge in [-0.1, -0.05) is 18.2 Å². The van der Waals surface area contributed by atoms with E-state index < -0.39 is 0 Å². The Morgan fingerprint density at radius 1 is 1.43 bits per heavy atom. The molecule has 0 aliphatic rings. The Morgan fingerprint density at radius 2 is 2.29 bits per heavy atom. The summed E-state index contributed by atoms with van der Waals surface area (Å²) in [5, 5.41) is 1.16. The summed E-state index contributed by atoms with van der Waals surface area (Å²) in [7, 11) is 0. The molecule has 0 spiro atoms. The van der Waals surface area contributed by atoms with E-state index in [0.717, 1.165) is 16.5 Å². The van der Waals surface area contributed by atoms with Gasteiger partial charge in [-0.2, -0.15) is 0 Å². The van der Waals surface area contributed by atoms with Gasteiger partial charge in [0.2, 0.25) is 0 Å². The van der Waals surface area contributed by atoms with Crippen LogP contribution in [0.3, 0.4) is 0 Å². The average Bonchev–Trinajstić information content (AvgIpc) is 2.60. The molecule has 2 aromatic rings. The maximum atomic E-state index is 6.68. The Morgan fingerprint density at radius 3 is 3.07 bits per heavy atom. The third-order valence-corrected chi connectivity index (χ3v) is 2.92. The number of aromatic nitrogens is 1. The first kappa shape index (κ1) is 9.28. The summed E-state index contributed by atoms with van der Waals surface area (Å²) < 4.78 is 1.20. The lowest BCUT2D eigenvalue weighted by Crippen LogP contribution is -1.73. The maximum Gasteiger partial charge on any atom is 0.154 e. The lowest BCUT2D eigenvalue weighted by atomic mass is 10.2. The van der Waals surface area contributed by atoms with Gasteiger partial charge in [0, 0.05) is 15.2 Å². The number of benzene rings is 1. The van der Waals surface area contributed by atoms with Gasteiger partial charge >= 0.3 is 0 Å². The first-order valence-corrected chi connectivity index (χ1v) is 5.19. The van der Waals surface area contributed by atoms with Gasteiger partial charge in [-0.3, -0.25) is 0 Å². The zero-order valence-corrected chi connectivity index (χ0v) is 9.45. The molecule has 0 aliphatic heterocycles. The number of nitrogens with one attached hydrogen (secondary N) is 1. The van der Waals surface area contributed by atoms with Crippen LogP contribution in [0.5, 0.6) is 0 Å². The van der Waals surface area contributed by atoms with Crippen LogP contribution >= 0.6 is 22.6 Å². The molecule has 3 heteroatoms. The summed E-state index contributed by atoms with van der Waals surface area (Å²) in [6.07, 6.45) is 5.22. The third-order valence-electron chi connectivity index (χ3n) is 2.03. The molecule has 14 heavy (non-hydrogen) atoms. The van der Waals surface area contributed by atoms with E-state index in [1.807, 2.05) is 18.3 Å². The van der Waals surface area contributed by atoms with Gasteiger partial charge in [-0.25, -0.2) is 4.85 Å². The standard InChI is InChI=1S/C11H7IN2/c1-13-6-5-8-7-14-11-9(8)3-2-4-10(11)12/h2-7,14H/b6-5-. The van der Waals surface area contributed by atoms with Crippen LogP contribution in [0.2, 0.25) is 0 Å². The molecule has 1 aromatic carbocycles. The maximum absolute atomic E-state index is 6.68. The first-order valence-electron chi connectivity index (χ1n) is 4.11. The van der Waals surface area contributed by atoms with Gasteiger partial charge in [0.15, 0.2) is 6.20 Å². The van der Waals surface area contributed by atoms with Crippen molar-refractivity contribution in [3.05, 3.63) is 51.1 Å². The van der Waals surface area contributed by atoms with Crippen LogP contribution in [0.15, 0.2) is 30.6 Å². The highest BCUT2D eigenvalue weighted by Crippen LogP contribution is 2.23. The van der Waals surface area contributed by atoms with E-state index in [9.17, 15) is 0 Å². The second kappa shape index (κ2) is 3.84. The van der Waals surface area contributed by atoms with Crippen LogP contribution in [0.1, 0.15) is 5.56 Å². The lowest BCUT2D eigenvalue weighted by molar-refractivity contribution is 1.46. The van der Waals surface area contributed by atoms with Gasteiger partial charge < -0.3 is 4.98 Å². The highest BCUT2D eigenvalue weighted by atomic mass is 127. The van der Waals surface area contributed by atoms with Crippen LogP contribution in [-0.4, -0.2) is 4.98 Å². The molecule has 0 atom stereocenters. The van der Waals surface area contributed by atoms with Crippen molar-refractivity contribution in [3.8, 4) is 0 Å². The number of H-pyrrole nitrogens is 1. The molecule has 0 fully saturated rings. The summed E-state index contributed by atoms with van der Waals surface area (Å²) in [5.74, 6) is 0. The zero-order valence-electron chi connectivity index (χ0n) is 7.29. The first-order chi connectivity index (χ1) is 6.83. The van der Waals surface area contributed by atoms with Gasteiger partial charge in [0.05, 0.1) is 12.1 Å². The summed E-state index contributed by atoms with van der Waals surface area (Å²) in [6, 6.07) is 6.13. The van der Waals surface area contributed by atoms with Crippen molar-refractivity contribution in [2.75, 3.05) is 0 Å². The fourth-order valence-electron chi connectivity index (χ4n) is 1.39. The minimum Gasteiger partial charge on any atom is -0.360 e. The van der Waals surface area contributed by atoms with Crippen molar-refractivity contribution in [2.45, 2.75) is 0 Å². The quantitative estimate of drug-likeness (QED) is 0.612. The van der Waals surface area contributed by atoms with Crippen LogP contribution in [0, 0.1) is 10.1 Å². The molecule has 0 saturated carbocycles. The van der Waals surface area contributed by atoms with Crippen molar-refractivity contribution < 1.29 is 0 Å². The van der Waals surface area contributed by atoms with E-state index in [2.05, 4.69) is 44.6 Å². The summed E-state index contributed by atoms with van der Waals surface area (Å²) in [4.78, 5) is 6.40. The minimum absolute atomic E-state index is 1.06. The molecule has 1 N–H and O–H groups in total. The number of rotatable bonds is 1. The van der Waals surface area contributed by atoms with Crippen LogP contribution in [0.4, 0.5) is 0 Å². The van der Waals surface area contributed by atoms with E-state index in [4.69, 9.17) is 6.57 Å². The number of para-hydroxylation sites is 1. The molecule has 0 bridgehead atoms. The number of hydrogen-bond donors (Lipinski definition) is 1. The number of fused-ring (bicyclic) bond motifs is 1. The van der Waals surface area contributed by atoms with Gasteiger partial charge in [0.25, 0.3) is 0 Å². The Hall–Kier alpha value is -1.28. The number of hydrogen-bond acceptors (Lipinski definition) is 0. The van der Waals surface area contributed by atoms with Crippen LogP contribution < -0.4 is 0 Å². The highest BCUT2D eigenvalue weighted by molar-refractivity contribution is 14.1. The largest absolute Gasteiger partial charge is 0.360 e. The Balaban J connectivity index is 2.65. The Kier molecular flexibility index (Phi) is 2.55. The fraction of sp³-hybridized carbons (Fsp3) is 0. The van der Waals surface area contributed by atoms with Crippen molar-refractivity contribution in [1.82, 2.24) is 4.98 Å². The van der Waals surface area contributed by atoms with Crippen molar-refractivity contribution >= 4 is 39.6 Å². The third kappa shape index (κ3) is 1.53. The SMILES string of the molecule is [C-]#[N+]/C=C\c1c[nH]c2c(I)cccc12. The van der Waals surface area contributed by atoms with Crippen molar-refractivity contribution in [3.63, 3.8) is 0 Å². The molecular formula is C11H7IN2. The van der Waals surface area contributed by atoms with Gasteiger partial charge in [-0.15, -0.1) is 0 Å². The van der Waals surface area contributed by atoms with E-state index in [0.29, 0.717) is 0 Å². The smallest absolute Gasteiger partial charge is 0.154 e. The Labute approximate surface area is 95.6 Å². The lowest BCUT2D eigenvalue weighted by Gasteiger charge is -1.93.